The van der Waals surface area contributed by atoms with E-state index in [1.165, 1.54) is 0 Å². The van der Waals surface area contributed by atoms with Gasteiger partial charge in [-0.15, -0.1) is 0 Å². The molecule has 0 heterocycles. The normalized spacial score (nSPS) is 10.1. The Labute approximate surface area is 112 Å². The lowest BCUT2D eigenvalue weighted by atomic mass is 10.1. The van der Waals surface area contributed by atoms with Crippen LogP contribution >= 0.6 is 11.6 Å². The van der Waals surface area contributed by atoms with Crippen LogP contribution in [0.3, 0.4) is 0 Å². The zero-order valence-electron chi connectivity index (χ0n) is 9.90. The number of Topliss-reactive ketones (excluding diaryl/α,β-unsaturated/α-hetero) is 1. The van der Waals surface area contributed by atoms with Crippen molar-refractivity contribution in [2.75, 3.05) is 11.9 Å². The van der Waals surface area contributed by atoms with Crippen LogP contribution in [-0.4, -0.2) is 12.3 Å². The summed E-state index contributed by atoms with van der Waals surface area (Å²) in [6, 6.07) is 17.1. The fourth-order valence-corrected chi connectivity index (χ4v) is 1.78. The lowest BCUT2D eigenvalue weighted by Crippen LogP contribution is -2.15. The number of ketones is 1. The van der Waals surface area contributed by atoms with E-state index in [0.717, 1.165) is 11.3 Å². The highest BCUT2D eigenvalue weighted by Gasteiger charge is 2.03. The summed E-state index contributed by atoms with van der Waals surface area (Å²) in [5, 5.41) is 3.79. The number of para-hydroxylation sites is 1. The summed E-state index contributed by atoms with van der Waals surface area (Å²) in [6.45, 7) is 0.340. The number of anilines is 1. The molecule has 1 N–H and O–H groups in total. The molecule has 0 aliphatic rings. The van der Waals surface area contributed by atoms with Crippen molar-refractivity contribution in [2.24, 2.45) is 0 Å². The molecule has 2 rings (SSSR count). The highest BCUT2D eigenvalue weighted by molar-refractivity contribution is 6.30. The maximum atomic E-state index is 11.8. The van der Waals surface area contributed by atoms with Crippen molar-refractivity contribution in [2.45, 2.75) is 6.42 Å². The van der Waals surface area contributed by atoms with Gasteiger partial charge in [0, 0.05) is 17.1 Å². The second-order valence-electron chi connectivity index (χ2n) is 4.06. The smallest absolute Gasteiger partial charge is 0.156 e. The molecule has 92 valence electrons. The molecule has 2 aromatic carbocycles. The second kappa shape index (κ2) is 6.22. The largest absolute Gasteiger partial charge is 0.378 e. The Morgan fingerprint density at radius 2 is 1.67 bits per heavy atom. The van der Waals surface area contributed by atoms with Crippen molar-refractivity contribution < 1.29 is 4.79 Å². The number of hydrogen-bond donors (Lipinski definition) is 1. The van der Waals surface area contributed by atoms with E-state index in [1.807, 2.05) is 42.5 Å². The second-order valence-corrected chi connectivity index (χ2v) is 4.50. The first kappa shape index (κ1) is 12.7. The fourth-order valence-electron chi connectivity index (χ4n) is 1.65. The molecule has 0 amide bonds. The van der Waals surface area contributed by atoms with E-state index in [-0.39, 0.29) is 5.78 Å². The van der Waals surface area contributed by atoms with Gasteiger partial charge in [-0.25, -0.2) is 0 Å². The minimum Gasteiger partial charge on any atom is -0.378 e. The zero-order chi connectivity index (χ0) is 12.8. The van der Waals surface area contributed by atoms with Gasteiger partial charge in [-0.3, -0.25) is 4.79 Å². The van der Waals surface area contributed by atoms with Gasteiger partial charge in [0.05, 0.1) is 6.54 Å². The molecule has 0 saturated carbocycles. The maximum Gasteiger partial charge on any atom is 0.156 e. The van der Waals surface area contributed by atoms with Gasteiger partial charge in [-0.1, -0.05) is 41.9 Å². The van der Waals surface area contributed by atoms with E-state index in [2.05, 4.69) is 5.32 Å². The number of rotatable bonds is 5. The van der Waals surface area contributed by atoms with Gasteiger partial charge < -0.3 is 5.32 Å². The summed E-state index contributed by atoms with van der Waals surface area (Å²) < 4.78 is 0. The molecule has 0 spiro atoms. The first-order valence-electron chi connectivity index (χ1n) is 5.79. The first-order chi connectivity index (χ1) is 8.74. The average molecular weight is 260 g/mol. The predicted molar refractivity (Wildman–Crippen MR) is 75.1 cm³/mol. The third-order valence-corrected chi connectivity index (χ3v) is 2.83. The number of hydrogen-bond acceptors (Lipinski definition) is 2. The van der Waals surface area contributed by atoms with Crippen LogP contribution in [0.5, 0.6) is 0 Å². The lowest BCUT2D eigenvalue weighted by molar-refractivity contribution is -0.116. The van der Waals surface area contributed by atoms with E-state index in [0.29, 0.717) is 18.0 Å². The molecule has 18 heavy (non-hydrogen) atoms. The SMILES string of the molecule is O=C(CNc1ccccc1)Cc1ccc(Cl)cc1. The van der Waals surface area contributed by atoms with E-state index < -0.39 is 0 Å². The summed E-state index contributed by atoms with van der Waals surface area (Å²) >= 11 is 5.79. The minimum atomic E-state index is 0.154. The predicted octanol–water partition coefficient (Wildman–Crippen LogP) is 3.56. The average Bonchev–Trinajstić information content (AvgIpc) is 2.40. The van der Waals surface area contributed by atoms with Gasteiger partial charge in [0.2, 0.25) is 0 Å². The number of carbonyl (C=O) groups excluding carboxylic acids is 1. The van der Waals surface area contributed by atoms with Crippen molar-refractivity contribution in [3.63, 3.8) is 0 Å². The molecule has 0 radical (unpaired) electrons. The van der Waals surface area contributed by atoms with Crippen LogP contribution in [0.1, 0.15) is 5.56 Å². The van der Waals surface area contributed by atoms with Crippen LogP contribution in [0.25, 0.3) is 0 Å². The van der Waals surface area contributed by atoms with Crippen molar-refractivity contribution >= 4 is 23.1 Å². The Morgan fingerprint density at radius 3 is 2.33 bits per heavy atom. The zero-order valence-corrected chi connectivity index (χ0v) is 10.7. The van der Waals surface area contributed by atoms with Crippen LogP contribution in [0.2, 0.25) is 5.02 Å². The molecule has 0 atom stereocenters. The van der Waals surface area contributed by atoms with Gasteiger partial charge in [0.25, 0.3) is 0 Å². The summed E-state index contributed by atoms with van der Waals surface area (Å²) in [4.78, 5) is 11.8. The highest BCUT2D eigenvalue weighted by Crippen LogP contribution is 2.10. The van der Waals surface area contributed by atoms with Crippen LogP contribution < -0.4 is 5.32 Å². The van der Waals surface area contributed by atoms with E-state index in [1.54, 1.807) is 12.1 Å². The van der Waals surface area contributed by atoms with Gasteiger partial charge in [-0.05, 0) is 29.8 Å². The number of benzene rings is 2. The molecule has 3 heteroatoms. The Hall–Kier alpha value is -1.80. The highest BCUT2D eigenvalue weighted by atomic mass is 35.5. The van der Waals surface area contributed by atoms with Crippen molar-refractivity contribution in [3.8, 4) is 0 Å². The molecule has 0 fully saturated rings. The minimum absolute atomic E-state index is 0.154. The quantitative estimate of drug-likeness (QED) is 0.890. The number of halogens is 1. The van der Waals surface area contributed by atoms with Gasteiger partial charge in [-0.2, -0.15) is 0 Å². The lowest BCUT2D eigenvalue weighted by Gasteiger charge is -2.05. The monoisotopic (exact) mass is 259 g/mol. The number of nitrogens with one attached hydrogen (secondary N) is 1. The van der Waals surface area contributed by atoms with Crippen molar-refractivity contribution in [1.29, 1.82) is 0 Å². The molecule has 0 aliphatic carbocycles. The summed E-state index contributed by atoms with van der Waals surface area (Å²) in [7, 11) is 0. The molecule has 2 nitrogen and oxygen atoms in total. The molecule has 0 unspecified atom stereocenters. The number of carbonyl (C=O) groups is 1. The molecule has 0 aromatic heterocycles. The third kappa shape index (κ3) is 3.90. The Bertz CT molecular complexity index is 508. The summed E-state index contributed by atoms with van der Waals surface area (Å²) in [5.74, 6) is 0.154. The van der Waals surface area contributed by atoms with Gasteiger partial charge in [0.1, 0.15) is 0 Å². The molecular formula is C15H14ClNO. The molecule has 2 aromatic rings. The van der Waals surface area contributed by atoms with Crippen molar-refractivity contribution in [3.05, 3.63) is 65.2 Å². The van der Waals surface area contributed by atoms with Crippen molar-refractivity contribution in [1.82, 2.24) is 0 Å². The molecule has 0 saturated heterocycles. The standard InChI is InChI=1S/C15H14ClNO/c16-13-8-6-12(7-9-13)10-15(18)11-17-14-4-2-1-3-5-14/h1-9,17H,10-11H2. The Morgan fingerprint density at radius 1 is 1.00 bits per heavy atom. The molecule has 0 aliphatic heterocycles. The molecule has 0 bridgehead atoms. The van der Waals surface area contributed by atoms with Crippen LogP contribution in [-0.2, 0) is 11.2 Å². The molecular weight excluding hydrogens is 246 g/mol. The summed E-state index contributed by atoms with van der Waals surface area (Å²) in [6.07, 6.45) is 0.428. The first-order valence-corrected chi connectivity index (χ1v) is 6.17. The van der Waals surface area contributed by atoms with Crippen LogP contribution in [0.4, 0.5) is 5.69 Å². The van der Waals surface area contributed by atoms with Gasteiger partial charge in [0.15, 0.2) is 5.78 Å². The topological polar surface area (TPSA) is 29.1 Å². The fraction of sp³-hybridized carbons (Fsp3) is 0.133. The van der Waals surface area contributed by atoms with Crippen LogP contribution in [0, 0.1) is 0 Å². The van der Waals surface area contributed by atoms with E-state index in [9.17, 15) is 4.79 Å². The Balaban J connectivity index is 1.84. The van der Waals surface area contributed by atoms with E-state index in [4.69, 9.17) is 11.6 Å². The van der Waals surface area contributed by atoms with E-state index >= 15 is 0 Å². The Kier molecular flexibility index (Phi) is 4.37. The van der Waals surface area contributed by atoms with Crippen LogP contribution in [0.15, 0.2) is 54.6 Å². The third-order valence-electron chi connectivity index (χ3n) is 2.58. The summed E-state index contributed by atoms with van der Waals surface area (Å²) in [5.41, 5.74) is 1.95. The maximum absolute atomic E-state index is 11.8. The van der Waals surface area contributed by atoms with Gasteiger partial charge >= 0.3 is 0 Å².